The Labute approximate surface area is 159 Å². The van der Waals surface area contributed by atoms with Crippen molar-refractivity contribution in [2.45, 2.75) is 50.0 Å². The van der Waals surface area contributed by atoms with Gasteiger partial charge in [0.2, 0.25) is 5.89 Å². The van der Waals surface area contributed by atoms with Crippen molar-refractivity contribution >= 4 is 18.3 Å². The minimum absolute atomic E-state index is 0. The number of hydrogen-bond donors (Lipinski definition) is 1. The molecule has 2 aliphatic rings. The van der Waals surface area contributed by atoms with E-state index in [2.05, 4.69) is 17.1 Å². The first kappa shape index (κ1) is 18.9. The van der Waals surface area contributed by atoms with E-state index in [0.717, 1.165) is 38.6 Å². The summed E-state index contributed by atoms with van der Waals surface area (Å²) in [6.45, 7) is 3.43. The lowest BCUT2D eigenvalue weighted by molar-refractivity contribution is 0.0620. The van der Waals surface area contributed by atoms with Gasteiger partial charge in [0.05, 0.1) is 11.0 Å². The summed E-state index contributed by atoms with van der Waals surface area (Å²) in [6.07, 6.45) is 4.75. The topological polar surface area (TPSA) is 85.2 Å². The van der Waals surface area contributed by atoms with Gasteiger partial charge in [-0.15, -0.1) is 12.4 Å². The molecule has 1 aliphatic heterocycles. The van der Waals surface area contributed by atoms with E-state index in [4.69, 9.17) is 10.3 Å². The van der Waals surface area contributed by atoms with Crippen LogP contribution in [0.5, 0.6) is 0 Å². The summed E-state index contributed by atoms with van der Waals surface area (Å²) in [6, 6.07) is 9.40. The van der Waals surface area contributed by atoms with Gasteiger partial charge in [-0.05, 0) is 51.2 Å². The van der Waals surface area contributed by atoms with Gasteiger partial charge in [0.15, 0.2) is 5.82 Å². The number of nitrogens with zero attached hydrogens (tertiary/aromatic N) is 3. The molecule has 4 rings (SSSR count). The van der Waals surface area contributed by atoms with Gasteiger partial charge < -0.3 is 15.2 Å². The molecule has 0 radical (unpaired) electrons. The molecule has 2 fully saturated rings. The van der Waals surface area contributed by atoms with E-state index in [9.17, 15) is 4.79 Å². The fourth-order valence-corrected chi connectivity index (χ4v) is 3.80. The molecule has 26 heavy (non-hydrogen) atoms. The Balaban J connectivity index is 0.00000196. The number of aromatic nitrogens is 2. The van der Waals surface area contributed by atoms with Crippen LogP contribution in [0.25, 0.3) is 0 Å². The molecule has 0 bridgehead atoms. The van der Waals surface area contributed by atoms with Crippen LogP contribution in [0.15, 0.2) is 34.9 Å². The predicted molar refractivity (Wildman–Crippen MR) is 100 cm³/mol. The number of nitrogens with two attached hydrogens (primary N) is 1. The first-order valence-corrected chi connectivity index (χ1v) is 8.98. The van der Waals surface area contributed by atoms with Crippen LogP contribution in [-0.4, -0.2) is 34.0 Å². The number of carbonyl (C=O) groups excluding carboxylic acids is 1. The Morgan fingerprint density at radius 3 is 2.58 bits per heavy atom. The molecular formula is C19H25ClN4O2. The van der Waals surface area contributed by atoms with E-state index < -0.39 is 5.54 Å². The van der Waals surface area contributed by atoms with Gasteiger partial charge >= 0.3 is 0 Å². The molecule has 1 saturated heterocycles. The van der Waals surface area contributed by atoms with Crippen molar-refractivity contribution in [2.75, 3.05) is 13.1 Å². The molecule has 7 heteroatoms. The molecule has 0 spiro atoms. The summed E-state index contributed by atoms with van der Waals surface area (Å²) in [4.78, 5) is 19.3. The maximum absolute atomic E-state index is 12.8. The summed E-state index contributed by atoms with van der Waals surface area (Å²) in [5.74, 6) is 1.27. The minimum atomic E-state index is -0.424. The maximum atomic E-state index is 12.8. The summed E-state index contributed by atoms with van der Waals surface area (Å²) < 4.78 is 5.58. The second-order valence-corrected chi connectivity index (χ2v) is 7.69. The van der Waals surface area contributed by atoms with Crippen molar-refractivity contribution in [3.8, 4) is 0 Å². The molecule has 2 heterocycles. The average Bonchev–Trinajstić information content (AvgIpc) is 3.11. The van der Waals surface area contributed by atoms with Crippen LogP contribution in [0.3, 0.4) is 0 Å². The van der Waals surface area contributed by atoms with Crippen molar-refractivity contribution in [1.82, 2.24) is 15.0 Å². The fraction of sp³-hybridized carbons (Fsp3) is 0.526. The highest BCUT2D eigenvalue weighted by molar-refractivity contribution is 5.94. The number of carbonyl (C=O) groups is 1. The predicted octanol–water partition coefficient (Wildman–Crippen LogP) is 3.02. The number of rotatable bonds is 3. The van der Waals surface area contributed by atoms with Gasteiger partial charge in [0, 0.05) is 18.7 Å². The van der Waals surface area contributed by atoms with Gasteiger partial charge in [-0.1, -0.05) is 23.4 Å². The first-order valence-electron chi connectivity index (χ1n) is 8.98. The molecule has 2 aromatic rings. The van der Waals surface area contributed by atoms with Gasteiger partial charge in [-0.3, -0.25) is 4.79 Å². The highest BCUT2D eigenvalue weighted by Crippen LogP contribution is 2.39. The monoisotopic (exact) mass is 376 g/mol. The number of halogens is 1. The van der Waals surface area contributed by atoms with Gasteiger partial charge in [-0.2, -0.15) is 4.98 Å². The first-order chi connectivity index (χ1) is 12.0. The zero-order chi connectivity index (χ0) is 17.5. The maximum Gasteiger partial charge on any atom is 0.253 e. The van der Waals surface area contributed by atoms with Crippen molar-refractivity contribution in [3.63, 3.8) is 0 Å². The van der Waals surface area contributed by atoms with Crippen LogP contribution < -0.4 is 5.73 Å². The zero-order valence-electron chi connectivity index (χ0n) is 15.0. The molecular weight excluding hydrogens is 352 g/mol. The SMILES string of the molecule is CC1(c2nc(C3(N)CCC3)no2)CCCN(C(=O)c2ccccc2)C1.Cl. The minimum Gasteiger partial charge on any atom is -0.339 e. The summed E-state index contributed by atoms with van der Waals surface area (Å²) in [5.41, 5.74) is 6.28. The van der Waals surface area contributed by atoms with E-state index in [1.165, 1.54) is 0 Å². The van der Waals surface area contributed by atoms with Crippen LogP contribution in [0, 0.1) is 0 Å². The van der Waals surface area contributed by atoms with Crippen LogP contribution in [0.1, 0.15) is 61.1 Å². The molecule has 2 N–H and O–H groups in total. The Morgan fingerprint density at radius 1 is 1.19 bits per heavy atom. The van der Waals surface area contributed by atoms with E-state index in [1.807, 2.05) is 35.2 Å². The molecule has 1 aromatic heterocycles. The lowest BCUT2D eigenvalue weighted by atomic mass is 9.77. The number of amides is 1. The number of likely N-dealkylation sites (tertiary alicyclic amines) is 1. The largest absolute Gasteiger partial charge is 0.339 e. The molecule has 1 aromatic carbocycles. The zero-order valence-corrected chi connectivity index (χ0v) is 15.8. The highest BCUT2D eigenvalue weighted by Gasteiger charge is 2.43. The normalized spacial score (nSPS) is 24.5. The molecule has 1 aliphatic carbocycles. The third-order valence-electron chi connectivity index (χ3n) is 5.64. The van der Waals surface area contributed by atoms with Gasteiger partial charge in [-0.25, -0.2) is 0 Å². The van der Waals surface area contributed by atoms with Crippen molar-refractivity contribution in [3.05, 3.63) is 47.6 Å². The van der Waals surface area contributed by atoms with E-state index in [-0.39, 0.29) is 23.7 Å². The second-order valence-electron chi connectivity index (χ2n) is 7.69. The van der Waals surface area contributed by atoms with Crippen LogP contribution >= 0.6 is 12.4 Å². The van der Waals surface area contributed by atoms with Crippen molar-refractivity contribution < 1.29 is 9.32 Å². The fourth-order valence-electron chi connectivity index (χ4n) is 3.80. The Morgan fingerprint density at radius 2 is 1.92 bits per heavy atom. The second kappa shape index (κ2) is 7.00. The van der Waals surface area contributed by atoms with E-state index >= 15 is 0 Å². The molecule has 1 atom stereocenters. The summed E-state index contributed by atoms with van der Waals surface area (Å²) in [5, 5.41) is 4.14. The molecule has 140 valence electrons. The Kier molecular flexibility index (Phi) is 5.08. The number of benzene rings is 1. The summed E-state index contributed by atoms with van der Waals surface area (Å²) in [7, 11) is 0. The van der Waals surface area contributed by atoms with Crippen LogP contribution in [0.2, 0.25) is 0 Å². The highest BCUT2D eigenvalue weighted by atomic mass is 35.5. The molecule has 1 unspecified atom stereocenters. The average molecular weight is 377 g/mol. The van der Waals surface area contributed by atoms with Gasteiger partial charge in [0.25, 0.3) is 5.91 Å². The van der Waals surface area contributed by atoms with Crippen molar-refractivity contribution in [2.24, 2.45) is 5.73 Å². The quantitative estimate of drug-likeness (QED) is 0.889. The summed E-state index contributed by atoms with van der Waals surface area (Å²) >= 11 is 0. The molecule has 1 saturated carbocycles. The third-order valence-corrected chi connectivity index (χ3v) is 5.64. The Hall–Kier alpha value is -1.92. The van der Waals surface area contributed by atoms with E-state index in [0.29, 0.717) is 23.8 Å². The lowest BCUT2D eigenvalue weighted by Crippen LogP contribution is -2.47. The van der Waals surface area contributed by atoms with Crippen LogP contribution in [-0.2, 0) is 11.0 Å². The van der Waals surface area contributed by atoms with Crippen LogP contribution in [0.4, 0.5) is 0 Å². The lowest BCUT2D eigenvalue weighted by Gasteiger charge is -2.38. The molecule has 1 amide bonds. The van der Waals surface area contributed by atoms with E-state index in [1.54, 1.807) is 0 Å². The van der Waals surface area contributed by atoms with Crippen molar-refractivity contribution in [1.29, 1.82) is 0 Å². The number of piperidine rings is 1. The standard InChI is InChI=1S/C19H24N4O2.ClH/c1-18(17-21-16(22-25-17)19(20)10-5-11-19)9-6-12-23(13-18)15(24)14-7-3-2-4-8-14;/h2-4,7-8H,5-6,9-13,20H2,1H3;1H. The van der Waals surface area contributed by atoms with Gasteiger partial charge in [0.1, 0.15) is 0 Å². The Bertz CT molecular complexity index is 775. The number of hydrogen-bond acceptors (Lipinski definition) is 5. The third kappa shape index (κ3) is 3.23. The molecule has 6 nitrogen and oxygen atoms in total. The smallest absolute Gasteiger partial charge is 0.253 e.